The number of aromatic nitrogens is 1. The summed E-state index contributed by atoms with van der Waals surface area (Å²) < 4.78 is 65.9. The molecule has 0 spiro atoms. The fraction of sp³-hybridized carbons (Fsp3) is 0.250. The topological polar surface area (TPSA) is 50.3 Å². The van der Waals surface area contributed by atoms with Gasteiger partial charge >= 0.3 is 6.18 Å². The molecule has 3 aromatic rings. The van der Waals surface area contributed by atoms with Crippen LogP contribution in [0.15, 0.2) is 54.6 Å². The van der Waals surface area contributed by atoms with E-state index in [1.54, 1.807) is 30.3 Å². The minimum Gasteiger partial charge on any atom is -0.241 e. The van der Waals surface area contributed by atoms with E-state index in [1.165, 1.54) is 21.7 Å². The van der Waals surface area contributed by atoms with Crippen LogP contribution in [0.5, 0.6) is 0 Å². The molecule has 0 saturated carbocycles. The van der Waals surface area contributed by atoms with Gasteiger partial charge in [0, 0.05) is 30.0 Å². The summed E-state index contributed by atoms with van der Waals surface area (Å²) in [6.45, 7) is 0.509. The lowest BCUT2D eigenvalue weighted by Crippen LogP contribution is -2.36. The largest absolute Gasteiger partial charge is 0.416 e. The summed E-state index contributed by atoms with van der Waals surface area (Å²) in [4.78, 5) is 5.25. The molecule has 152 valence electrons. The molecule has 0 radical (unpaired) electrons. The Balaban J connectivity index is 1.56. The van der Waals surface area contributed by atoms with Gasteiger partial charge in [0.15, 0.2) is 0 Å². The van der Waals surface area contributed by atoms with E-state index in [-0.39, 0.29) is 12.3 Å². The Morgan fingerprint density at radius 3 is 2.55 bits per heavy atom. The van der Waals surface area contributed by atoms with Crippen molar-refractivity contribution < 1.29 is 21.6 Å². The van der Waals surface area contributed by atoms with E-state index < -0.39 is 21.8 Å². The van der Waals surface area contributed by atoms with Crippen molar-refractivity contribution in [2.75, 3.05) is 6.54 Å². The Morgan fingerprint density at radius 1 is 1.07 bits per heavy atom. The average Bonchev–Trinajstić information content (AvgIpc) is 3.11. The van der Waals surface area contributed by atoms with Crippen molar-refractivity contribution in [2.45, 2.75) is 24.9 Å². The summed E-state index contributed by atoms with van der Waals surface area (Å²) in [7, 11) is -3.50. The molecule has 0 bridgehead atoms. The van der Waals surface area contributed by atoms with Crippen molar-refractivity contribution in [1.82, 2.24) is 9.29 Å². The van der Waals surface area contributed by atoms with E-state index in [2.05, 4.69) is 4.98 Å². The van der Waals surface area contributed by atoms with E-state index >= 15 is 0 Å². The molecule has 29 heavy (non-hydrogen) atoms. The number of benzene rings is 2. The predicted molar refractivity (Wildman–Crippen MR) is 106 cm³/mol. The third-order valence-corrected chi connectivity index (χ3v) is 7.65. The second-order valence-corrected chi connectivity index (χ2v) is 9.85. The van der Waals surface area contributed by atoms with E-state index in [4.69, 9.17) is 0 Å². The van der Waals surface area contributed by atoms with Gasteiger partial charge in [-0.25, -0.2) is 13.4 Å². The van der Waals surface area contributed by atoms with Gasteiger partial charge in [0.05, 0.1) is 17.0 Å². The molecule has 4 nitrogen and oxygen atoms in total. The molecule has 0 N–H and O–H groups in total. The summed E-state index contributed by atoms with van der Waals surface area (Å²) in [5, 5.41) is 0.475. The van der Waals surface area contributed by atoms with E-state index in [0.29, 0.717) is 29.1 Å². The summed E-state index contributed by atoms with van der Waals surface area (Å²) in [6, 6.07) is 14.0. The van der Waals surface area contributed by atoms with Gasteiger partial charge in [-0.15, -0.1) is 11.3 Å². The Bertz CT molecular complexity index is 1130. The van der Waals surface area contributed by atoms with Crippen LogP contribution >= 0.6 is 11.3 Å². The van der Waals surface area contributed by atoms with Crippen LogP contribution in [-0.4, -0.2) is 24.3 Å². The Kier molecular flexibility index (Phi) is 5.22. The third kappa shape index (κ3) is 4.36. The van der Waals surface area contributed by atoms with Crippen LogP contribution in [0.2, 0.25) is 0 Å². The Hall–Kier alpha value is -2.23. The molecule has 1 aliphatic heterocycles. The molecule has 0 fully saturated rings. The molecule has 2 heterocycles. The molecule has 0 unspecified atom stereocenters. The highest BCUT2D eigenvalue weighted by Crippen LogP contribution is 2.36. The van der Waals surface area contributed by atoms with Crippen molar-refractivity contribution in [3.63, 3.8) is 0 Å². The summed E-state index contributed by atoms with van der Waals surface area (Å²) in [6.07, 6.45) is -3.98. The Morgan fingerprint density at radius 2 is 1.83 bits per heavy atom. The van der Waals surface area contributed by atoms with Crippen LogP contribution in [0.1, 0.15) is 21.7 Å². The van der Waals surface area contributed by atoms with Gasteiger partial charge in [-0.05, 0) is 17.7 Å². The molecule has 2 aromatic carbocycles. The highest BCUT2D eigenvalue weighted by atomic mass is 32.2. The minimum absolute atomic E-state index is 0.0809. The molecule has 9 heteroatoms. The highest BCUT2D eigenvalue weighted by Gasteiger charge is 2.32. The summed E-state index contributed by atoms with van der Waals surface area (Å²) in [5.74, 6) is -0.0809. The molecule has 0 atom stereocenters. The fourth-order valence-electron chi connectivity index (χ4n) is 3.24. The van der Waals surface area contributed by atoms with Gasteiger partial charge in [-0.3, -0.25) is 0 Å². The SMILES string of the molecule is O=S(=O)(Cc1ccccc1)N1CCc2nc(-c3cccc(C(F)(F)F)c3)sc2C1. The number of halogens is 3. The van der Waals surface area contributed by atoms with Crippen LogP contribution in [0.4, 0.5) is 13.2 Å². The van der Waals surface area contributed by atoms with Crippen molar-refractivity contribution in [3.05, 3.63) is 76.3 Å². The van der Waals surface area contributed by atoms with Crippen LogP contribution in [0.3, 0.4) is 0 Å². The van der Waals surface area contributed by atoms with Crippen molar-refractivity contribution in [1.29, 1.82) is 0 Å². The first kappa shape index (κ1) is 20.1. The molecule has 1 aromatic heterocycles. The Labute approximate surface area is 170 Å². The number of alkyl halides is 3. The van der Waals surface area contributed by atoms with Gasteiger partial charge < -0.3 is 0 Å². The molecule has 0 saturated heterocycles. The van der Waals surface area contributed by atoms with Crippen LogP contribution in [0.25, 0.3) is 10.6 Å². The molecule has 1 aliphatic rings. The lowest BCUT2D eigenvalue weighted by molar-refractivity contribution is -0.137. The highest BCUT2D eigenvalue weighted by molar-refractivity contribution is 7.88. The second kappa shape index (κ2) is 7.55. The first-order chi connectivity index (χ1) is 13.7. The number of rotatable bonds is 4. The maximum absolute atomic E-state index is 13.0. The molecular formula is C20H17F3N2O2S2. The number of hydrogen-bond donors (Lipinski definition) is 0. The van der Waals surface area contributed by atoms with E-state index in [9.17, 15) is 21.6 Å². The number of thiazole rings is 1. The molecular weight excluding hydrogens is 421 g/mol. The summed E-state index contributed by atoms with van der Waals surface area (Å²) in [5.41, 5.74) is 1.13. The first-order valence-corrected chi connectivity index (χ1v) is 11.3. The zero-order valence-corrected chi connectivity index (χ0v) is 16.8. The van der Waals surface area contributed by atoms with E-state index in [0.717, 1.165) is 22.7 Å². The number of sulfonamides is 1. The monoisotopic (exact) mass is 438 g/mol. The minimum atomic E-state index is -4.42. The smallest absolute Gasteiger partial charge is 0.241 e. The predicted octanol–water partition coefficient (Wildman–Crippen LogP) is 4.72. The zero-order chi connectivity index (χ0) is 20.6. The van der Waals surface area contributed by atoms with Gasteiger partial charge in [-0.2, -0.15) is 17.5 Å². The third-order valence-electron chi connectivity index (χ3n) is 4.72. The van der Waals surface area contributed by atoms with Crippen LogP contribution in [-0.2, 0) is 34.9 Å². The van der Waals surface area contributed by atoms with Crippen molar-refractivity contribution >= 4 is 21.4 Å². The normalized spacial score (nSPS) is 15.3. The average molecular weight is 438 g/mol. The van der Waals surface area contributed by atoms with Crippen molar-refractivity contribution in [2.24, 2.45) is 0 Å². The standard InChI is InChI=1S/C20H17F3N2O2S2/c21-20(22,23)16-8-4-7-15(11-16)19-24-17-9-10-25(12-18(17)28-19)29(26,27)13-14-5-2-1-3-6-14/h1-8,11H,9-10,12-13H2. The maximum Gasteiger partial charge on any atom is 0.416 e. The second-order valence-electron chi connectivity index (χ2n) is 6.79. The quantitative estimate of drug-likeness (QED) is 0.593. The van der Waals surface area contributed by atoms with Crippen LogP contribution in [0, 0.1) is 0 Å². The fourth-order valence-corrected chi connectivity index (χ4v) is 5.93. The number of nitrogens with zero attached hydrogens (tertiary/aromatic N) is 2. The first-order valence-electron chi connectivity index (χ1n) is 8.90. The molecule has 0 aliphatic carbocycles. The van der Waals surface area contributed by atoms with Crippen LogP contribution < -0.4 is 0 Å². The zero-order valence-electron chi connectivity index (χ0n) is 15.2. The molecule has 4 rings (SSSR count). The van der Waals surface area contributed by atoms with Crippen molar-refractivity contribution in [3.8, 4) is 10.6 Å². The van der Waals surface area contributed by atoms with Gasteiger partial charge in [0.1, 0.15) is 5.01 Å². The van der Waals surface area contributed by atoms with E-state index in [1.807, 2.05) is 6.07 Å². The van der Waals surface area contributed by atoms with Gasteiger partial charge in [0.2, 0.25) is 10.0 Å². The van der Waals surface area contributed by atoms with Gasteiger partial charge in [-0.1, -0.05) is 42.5 Å². The lowest BCUT2D eigenvalue weighted by atomic mass is 10.1. The lowest BCUT2D eigenvalue weighted by Gasteiger charge is -2.25. The molecule has 0 amide bonds. The number of hydrogen-bond acceptors (Lipinski definition) is 4. The number of fused-ring (bicyclic) bond motifs is 1. The summed E-state index contributed by atoms with van der Waals surface area (Å²) >= 11 is 1.25. The maximum atomic E-state index is 13.0. The van der Waals surface area contributed by atoms with Gasteiger partial charge in [0.25, 0.3) is 0 Å².